The maximum atomic E-state index is 12.1. The second kappa shape index (κ2) is 4.31. The Labute approximate surface area is 102 Å². The molecule has 2 rings (SSSR count). The quantitative estimate of drug-likeness (QED) is 0.803. The predicted octanol–water partition coefficient (Wildman–Crippen LogP) is 1.65. The van der Waals surface area contributed by atoms with Crippen molar-refractivity contribution in [1.82, 2.24) is 4.72 Å². The molecule has 0 saturated heterocycles. The molecule has 0 spiro atoms. The van der Waals surface area contributed by atoms with E-state index >= 15 is 0 Å². The highest BCUT2D eigenvalue weighted by molar-refractivity contribution is 7.89. The van der Waals surface area contributed by atoms with Gasteiger partial charge in [-0.1, -0.05) is 13.3 Å². The topological polar surface area (TPSA) is 72.2 Å². The Hall–Kier alpha value is -1.07. The van der Waals surface area contributed by atoms with Crippen molar-refractivity contribution >= 4 is 15.7 Å². The molecule has 1 aliphatic rings. The van der Waals surface area contributed by atoms with Crippen LogP contribution >= 0.6 is 0 Å². The summed E-state index contributed by atoms with van der Waals surface area (Å²) in [7, 11) is -3.38. The van der Waals surface area contributed by atoms with E-state index in [0.29, 0.717) is 16.5 Å². The SMILES string of the molecule is CCC1CC1NS(=O)(=O)c1ccc(N)c(C)c1. The summed E-state index contributed by atoms with van der Waals surface area (Å²) in [5.74, 6) is 0.500. The molecule has 1 aromatic carbocycles. The van der Waals surface area contributed by atoms with Gasteiger partial charge >= 0.3 is 0 Å². The highest BCUT2D eigenvalue weighted by Crippen LogP contribution is 2.34. The van der Waals surface area contributed by atoms with E-state index in [-0.39, 0.29) is 6.04 Å². The molecule has 94 valence electrons. The molecule has 17 heavy (non-hydrogen) atoms. The third-order valence-corrected chi connectivity index (χ3v) is 4.79. The van der Waals surface area contributed by atoms with Crippen molar-refractivity contribution in [2.75, 3.05) is 5.73 Å². The fraction of sp³-hybridized carbons (Fsp3) is 0.500. The molecule has 5 heteroatoms. The zero-order chi connectivity index (χ0) is 12.6. The fourth-order valence-electron chi connectivity index (χ4n) is 1.93. The third kappa shape index (κ3) is 2.61. The van der Waals surface area contributed by atoms with Crippen LogP contribution < -0.4 is 10.5 Å². The van der Waals surface area contributed by atoms with Gasteiger partial charge in [-0.15, -0.1) is 0 Å². The number of nitrogens with two attached hydrogens (primary N) is 1. The van der Waals surface area contributed by atoms with Gasteiger partial charge < -0.3 is 5.73 Å². The van der Waals surface area contributed by atoms with Crippen molar-refractivity contribution < 1.29 is 8.42 Å². The van der Waals surface area contributed by atoms with Crippen molar-refractivity contribution in [3.05, 3.63) is 23.8 Å². The van der Waals surface area contributed by atoms with Gasteiger partial charge in [0.05, 0.1) is 4.90 Å². The summed E-state index contributed by atoms with van der Waals surface area (Å²) in [5.41, 5.74) is 7.07. The number of rotatable bonds is 4. The van der Waals surface area contributed by atoms with Gasteiger partial charge in [-0.25, -0.2) is 13.1 Å². The van der Waals surface area contributed by atoms with Gasteiger partial charge in [0.1, 0.15) is 0 Å². The maximum Gasteiger partial charge on any atom is 0.240 e. The zero-order valence-electron chi connectivity index (χ0n) is 10.1. The minimum atomic E-state index is -3.38. The summed E-state index contributed by atoms with van der Waals surface area (Å²) in [4.78, 5) is 0.297. The largest absolute Gasteiger partial charge is 0.399 e. The molecule has 0 bridgehead atoms. The number of nitrogen functional groups attached to an aromatic ring is 1. The molecular formula is C12H18N2O2S. The summed E-state index contributed by atoms with van der Waals surface area (Å²) in [5, 5.41) is 0. The monoisotopic (exact) mass is 254 g/mol. The zero-order valence-corrected chi connectivity index (χ0v) is 10.9. The van der Waals surface area contributed by atoms with Gasteiger partial charge in [0.2, 0.25) is 10.0 Å². The van der Waals surface area contributed by atoms with E-state index in [4.69, 9.17) is 5.73 Å². The molecule has 2 atom stereocenters. The van der Waals surface area contributed by atoms with Crippen LogP contribution in [0.25, 0.3) is 0 Å². The first-order valence-corrected chi connectivity index (χ1v) is 7.31. The van der Waals surface area contributed by atoms with Crippen LogP contribution in [0, 0.1) is 12.8 Å². The number of nitrogens with one attached hydrogen (secondary N) is 1. The van der Waals surface area contributed by atoms with Crippen molar-refractivity contribution in [3.8, 4) is 0 Å². The van der Waals surface area contributed by atoms with E-state index in [0.717, 1.165) is 18.4 Å². The normalized spacial score (nSPS) is 23.6. The van der Waals surface area contributed by atoms with Gasteiger partial charge in [0, 0.05) is 11.7 Å². The van der Waals surface area contributed by atoms with Crippen LogP contribution in [0.15, 0.2) is 23.1 Å². The summed E-state index contributed by atoms with van der Waals surface area (Å²) < 4.78 is 26.8. The van der Waals surface area contributed by atoms with E-state index in [9.17, 15) is 8.42 Å². The Morgan fingerprint density at radius 1 is 1.47 bits per heavy atom. The second-order valence-corrected chi connectivity index (χ2v) is 6.36. The molecular weight excluding hydrogens is 236 g/mol. The molecule has 1 saturated carbocycles. The smallest absolute Gasteiger partial charge is 0.240 e. The molecule has 3 N–H and O–H groups in total. The number of sulfonamides is 1. The molecule has 0 aromatic heterocycles. The van der Waals surface area contributed by atoms with Crippen LogP contribution in [0.5, 0.6) is 0 Å². The van der Waals surface area contributed by atoms with Gasteiger partial charge in [-0.2, -0.15) is 0 Å². The first kappa shape index (κ1) is 12.4. The average molecular weight is 254 g/mol. The molecule has 1 aliphatic carbocycles. The summed E-state index contributed by atoms with van der Waals surface area (Å²) in [6.07, 6.45) is 1.97. The van der Waals surface area contributed by atoms with Gasteiger partial charge in [0.25, 0.3) is 0 Å². The minimum Gasteiger partial charge on any atom is -0.399 e. The lowest BCUT2D eigenvalue weighted by atomic mass is 10.2. The lowest BCUT2D eigenvalue weighted by molar-refractivity contribution is 0.576. The summed E-state index contributed by atoms with van der Waals surface area (Å²) >= 11 is 0. The number of hydrogen-bond donors (Lipinski definition) is 2. The molecule has 1 aromatic rings. The molecule has 0 amide bonds. The predicted molar refractivity (Wildman–Crippen MR) is 68.1 cm³/mol. The fourth-order valence-corrected chi connectivity index (χ4v) is 3.33. The van der Waals surface area contributed by atoms with Gasteiger partial charge in [0.15, 0.2) is 0 Å². The number of anilines is 1. The molecule has 0 aliphatic heterocycles. The number of hydrogen-bond acceptors (Lipinski definition) is 3. The van der Waals surface area contributed by atoms with Crippen molar-refractivity contribution in [2.24, 2.45) is 5.92 Å². The Kier molecular flexibility index (Phi) is 3.14. The molecule has 0 heterocycles. The van der Waals surface area contributed by atoms with E-state index in [1.54, 1.807) is 25.1 Å². The maximum absolute atomic E-state index is 12.1. The van der Waals surface area contributed by atoms with Crippen molar-refractivity contribution in [1.29, 1.82) is 0 Å². The van der Waals surface area contributed by atoms with Crippen LogP contribution in [-0.2, 0) is 10.0 Å². The first-order valence-electron chi connectivity index (χ1n) is 5.82. The van der Waals surface area contributed by atoms with E-state index in [1.807, 2.05) is 0 Å². The standard InChI is InChI=1S/C12H18N2O2S/c1-3-9-7-12(9)14-17(15,16)10-4-5-11(13)8(2)6-10/h4-6,9,12,14H,3,7,13H2,1-2H3. The van der Waals surface area contributed by atoms with Crippen LogP contribution in [0.4, 0.5) is 5.69 Å². The second-order valence-electron chi connectivity index (χ2n) is 4.65. The number of benzene rings is 1. The summed E-state index contributed by atoms with van der Waals surface area (Å²) in [6.45, 7) is 3.88. The Morgan fingerprint density at radius 3 is 2.71 bits per heavy atom. The molecule has 0 radical (unpaired) electrons. The Bertz CT molecular complexity index is 525. The van der Waals surface area contributed by atoms with Crippen molar-refractivity contribution in [2.45, 2.75) is 37.6 Å². The highest BCUT2D eigenvalue weighted by atomic mass is 32.2. The van der Waals surface area contributed by atoms with E-state index < -0.39 is 10.0 Å². The van der Waals surface area contributed by atoms with E-state index in [1.165, 1.54) is 0 Å². The highest BCUT2D eigenvalue weighted by Gasteiger charge is 2.38. The molecule has 1 fully saturated rings. The van der Waals surface area contributed by atoms with Crippen LogP contribution in [0.3, 0.4) is 0 Å². The average Bonchev–Trinajstić information content (AvgIpc) is 2.99. The van der Waals surface area contributed by atoms with Crippen LogP contribution in [0.2, 0.25) is 0 Å². The third-order valence-electron chi connectivity index (χ3n) is 3.31. The number of aryl methyl sites for hydroxylation is 1. The first-order chi connectivity index (χ1) is 7.94. The lowest BCUT2D eigenvalue weighted by Gasteiger charge is -2.08. The Morgan fingerprint density at radius 2 is 2.18 bits per heavy atom. The van der Waals surface area contributed by atoms with Crippen LogP contribution in [-0.4, -0.2) is 14.5 Å². The van der Waals surface area contributed by atoms with Crippen molar-refractivity contribution in [3.63, 3.8) is 0 Å². The van der Waals surface area contributed by atoms with Crippen LogP contribution in [0.1, 0.15) is 25.3 Å². The molecule has 4 nitrogen and oxygen atoms in total. The van der Waals surface area contributed by atoms with E-state index in [2.05, 4.69) is 11.6 Å². The Balaban J connectivity index is 2.17. The lowest BCUT2D eigenvalue weighted by Crippen LogP contribution is -2.27. The van der Waals surface area contributed by atoms with Gasteiger partial charge in [-0.05, 0) is 43.0 Å². The minimum absolute atomic E-state index is 0.114. The summed E-state index contributed by atoms with van der Waals surface area (Å²) in [6, 6.07) is 4.91. The van der Waals surface area contributed by atoms with Gasteiger partial charge in [-0.3, -0.25) is 0 Å². The molecule has 2 unspecified atom stereocenters.